The number of aliphatic hydroxyl groups is 1. The van der Waals surface area contributed by atoms with Crippen molar-refractivity contribution < 1.29 is 19.4 Å². The Labute approximate surface area is 179 Å². The van der Waals surface area contributed by atoms with Crippen molar-refractivity contribution in [2.45, 2.75) is 38.8 Å². The minimum Gasteiger partial charge on any atom is -0.448 e. The molecule has 2 heterocycles. The molecule has 0 fully saturated rings. The number of carbonyl (C=O) groups excluding carboxylic acids is 2. The summed E-state index contributed by atoms with van der Waals surface area (Å²) in [5, 5.41) is 16.9. The summed E-state index contributed by atoms with van der Waals surface area (Å²) in [6, 6.07) is 11.0. The van der Waals surface area contributed by atoms with E-state index in [0.717, 1.165) is 15.6 Å². The lowest BCUT2D eigenvalue weighted by Gasteiger charge is -2.21. The number of nitrogens with one attached hydrogen (secondary N) is 2. The number of anilines is 1. The highest BCUT2D eigenvalue weighted by Crippen LogP contribution is 2.28. The quantitative estimate of drug-likeness (QED) is 0.551. The van der Waals surface area contributed by atoms with Gasteiger partial charge < -0.3 is 20.5 Å². The van der Waals surface area contributed by atoms with Gasteiger partial charge in [-0.3, -0.25) is 9.78 Å². The first kappa shape index (κ1) is 21.7. The summed E-state index contributed by atoms with van der Waals surface area (Å²) in [4.78, 5) is 30.7. The summed E-state index contributed by atoms with van der Waals surface area (Å²) in [6.45, 7) is 5.32. The van der Waals surface area contributed by atoms with Crippen LogP contribution in [0.4, 0.5) is 10.5 Å². The van der Waals surface area contributed by atoms with Gasteiger partial charge in [0.15, 0.2) is 0 Å². The van der Waals surface area contributed by atoms with E-state index in [-0.39, 0.29) is 19.1 Å². The highest BCUT2D eigenvalue weighted by Gasteiger charge is 2.25. The van der Waals surface area contributed by atoms with Gasteiger partial charge in [0.2, 0.25) is 5.91 Å². The van der Waals surface area contributed by atoms with Crippen molar-refractivity contribution in [3.05, 3.63) is 58.5 Å². The van der Waals surface area contributed by atoms with Crippen molar-refractivity contribution in [1.29, 1.82) is 0 Å². The van der Waals surface area contributed by atoms with E-state index in [1.807, 2.05) is 39.0 Å². The number of carbonyl (C=O) groups is 2. The van der Waals surface area contributed by atoms with Crippen LogP contribution in [0, 0.1) is 0 Å². The number of pyridine rings is 1. The molecular formula is C22H25N3O4S. The zero-order valence-corrected chi connectivity index (χ0v) is 18.0. The van der Waals surface area contributed by atoms with Crippen molar-refractivity contribution >= 4 is 39.8 Å². The first-order valence-corrected chi connectivity index (χ1v) is 10.4. The van der Waals surface area contributed by atoms with E-state index in [9.17, 15) is 14.7 Å². The molecule has 30 heavy (non-hydrogen) atoms. The number of hydrogen-bond acceptors (Lipinski definition) is 6. The van der Waals surface area contributed by atoms with Crippen molar-refractivity contribution in [3.63, 3.8) is 0 Å². The summed E-state index contributed by atoms with van der Waals surface area (Å²) in [5.74, 6) is -0.993. The number of ether oxygens (including phenoxy) is 1. The normalized spacial score (nSPS) is 12.4. The Bertz CT molecular complexity index is 1040. The zero-order valence-electron chi connectivity index (χ0n) is 17.1. The number of aromatic nitrogens is 1. The standard InChI is InChI=1S/C22H25N3O4S/c1-22(2,3)25-21(28)29-13-18(19-7-6-17(12-26)30-19)20(27)24-16-5-4-15-11-23-9-8-14(15)10-16/h4-11,18,26H,12-13H2,1-3H3,(H,24,27)(H,25,28). The second-order valence-corrected chi connectivity index (χ2v) is 9.12. The molecule has 0 radical (unpaired) electrons. The molecule has 2 amide bonds. The summed E-state index contributed by atoms with van der Waals surface area (Å²) in [7, 11) is 0. The van der Waals surface area contributed by atoms with Gasteiger partial charge in [-0.15, -0.1) is 11.3 Å². The van der Waals surface area contributed by atoms with Crippen LogP contribution in [0.1, 0.15) is 36.4 Å². The third-order valence-electron chi connectivity index (χ3n) is 4.26. The van der Waals surface area contributed by atoms with Crippen molar-refractivity contribution in [3.8, 4) is 0 Å². The zero-order chi connectivity index (χ0) is 21.7. The van der Waals surface area contributed by atoms with Crippen LogP contribution in [0.3, 0.4) is 0 Å². The number of hydrogen-bond donors (Lipinski definition) is 3. The third-order valence-corrected chi connectivity index (χ3v) is 5.45. The lowest BCUT2D eigenvalue weighted by atomic mass is 10.1. The number of nitrogens with zero attached hydrogens (tertiary/aromatic N) is 1. The first-order chi connectivity index (χ1) is 14.2. The molecule has 3 aromatic rings. The van der Waals surface area contributed by atoms with Crippen LogP contribution in [-0.2, 0) is 16.1 Å². The highest BCUT2D eigenvalue weighted by atomic mass is 32.1. The average molecular weight is 428 g/mol. The van der Waals surface area contributed by atoms with Crippen LogP contribution in [-0.4, -0.2) is 34.2 Å². The predicted molar refractivity (Wildman–Crippen MR) is 118 cm³/mol. The maximum absolute atomic E-state index is 13.1. The lowest BCUT2D eigenvalue weighted by Crippen LogP contribution is -2.41. The second-order valence-electron chi connectivity index (χ2n) is 7.92. The van der Waals surface area contributed by atoms with E-state index in [1.165, 1.54) is 11.3 Å². The molecule has 158 valence electrons. The van der Waals surface area contributed by atoms with E-state index in [2.05, 4.69) is 15.6 Å². The molecule has 0 aliphatic carbocycles. The van der Waals surface area contributed by atoms with Crippen molar-refractivity contribution in [1.82, 2.24) is 10.3 Å². The molecule has 1 atom stereocenters. The van der Waals surface area contributed by atoms with E-state index < -0.39 is 17.6 Å². The number of fused-ring (bicyclic) bond motifs is 1. The summed E-state index contributed by atoms with van der Waals surface area (Å²) < 4.78 is 5.33. The molecule has 0 aliphatic rings. The second kappa shape index (κ2) is 9.23. The van der Waals surface area contributed by atoms with E-state index >= 15 is 0 Å². The largest absolute Gasteiger partial charge is 0.448 e. The maximum Gasteiger partial charge on any atom is 0.407 e. The summed E-state index contributed by atoms with van der Waals surface area (Å²) >= 11 is 1.32. The van der Waals surface area contributed by atoms with Gasteiger partial charge in [0.25, 0.3) is 0 Å². The van der Waals surface area contributed by atoms with E-state index in [4.69, 9.17) is 4.74 Å². The van der Waals surface area contributed by atoms with Crippen LogP contribution in [0.2, 0.25) is 0 Å². The Morgan fingerprint density at radius 1 is 1.17 bits per heavy atom. The molecule has 8 heteroatoms. The number of alkyl carbamates (subject to hydrolysis) is 1. The Kier molecular flexibility index (Phi) is 6.69. The monoisotopic (exact) mass is 427 g/mol. The molecule has 0 saturated carbocycles. The third kappa shape index (κ3) is 5.77. The van der Waals surface area contributed by atoms with Gasteiger partial charge in [-0.05, 0) is 56.5 Å². The molecule has 3 N–H and O–H groups in total. The first-order valence-electron chi connectivity index (χ1n) is 9.54. The van der Waals surface area contributed by atoms with Crippen molar-refractivity contribution in [2.75, 3.05) is 11.9 Å². The Morgan fingerprint density at radius 3 is 2.67 bits per heavy atom. The molecular weight excluding hydrogens is 402 g/mol. The molecule has 7 nitrogen and oxygen atoms in total. The molecule has 0 bridgehead atoms. The van der Waals surface area contributed by atoms with Crippen LogP contribution < -0.4 is 10.6 Å². The van der Waals surface area contributed by atoms with E-state index in [0.29, 0.717) is 10.6 Å². The number of amides is 2. The summed E-state index contributed by atoms with van der Waals surface area (Å²) in [6.07, 6.45) is 2.87. The minimum atomic E-state index is -0.700. The Balaban J connectivity index is 1.77. The molecule has 3 rings (SSSR count). The molecule has 0 saturated heterocycles. The van der Waals surface area contributed by atoms with Gasteiger partial charge in [-0.25, -0.2) is 4.79 Å². The van der Waals surface area contributed by atoms with Crippen molar-refractivity contribution in [2.24, 2.45) is 0 Å². The lowest BCUT2D eigenvalue weighted by molar-refractivity contribution is -0.118. The fourth-order valence-electron chi connectivity index (χ4n) is 2.85. The molecule has 1 aromatic carbocycles. The van der Waals surface area contributed by atoms with Gasteiger partial charge in [-0.1, -0.05) is 6.07 Å². The summed E-state index contributed by atoms with van der Waals surface area (Å²) in [5.41, 5.74) is 0.198. The number of rotatable bonds is 6. The topological polar surface area (TPSA) is 101 Å². The fourth-order valence-corrected chi connectivity index (χ4v) is 3.80. The van der Waals surface area contributed by atoms with E-state index in [1.54, 1.807) is 30.6 Å². The smallest absolute Gasteiger partial charge is 0.407 e. The SMILES string of the molecule is CC(C)(C)NC(=O)OCC(C(=O)Nc1ccc2cnccc2c1)c1ccc(CO)s1. The Morgan fingerprint density at radius 2 is 1.97 bits per heavy atom. The maximum atomic E-state index is 13.1. The van der Waals surface area contributed by atoms with Gasteiger partial charge in [-0.2, -0.15) is 0 Å². The van der Waals surface area contributed by atoms with Crippen LogP contribution in [0.25, 0.3) is 10.8 Å². The number of benzene rings is 1. The number of aliphatic hydroxyl groups excluding tert-OH is 1. The predicted octanol–water partition coefficient (Wildman–Crippen LogP) is 4.04. The molecule has 2 aromatic heterocycles. The van der Waals surface area contributed by atoms with Crippen LogP contribution >= 0.6 is 11.3 Å². The molecule has 1 unspecified atom stereocenters. The fraction of sp³-hybridized carbons (Fsp3) is 0.318. The van der Waals surface area contributed by atoms with Gasteiger partial charge in [0.1, 0.15) is 12.5 Å². The van der Waals surface area contributed by atoms with Gasteiger partial charge in [0, 0.05) is 38.8 Å². The van der Waals surface area contributed by atoms with Crippen LogP contribution in [0.5, 0.6) is 0 Å². The molecule has 0 aliphatic heterocycles. The average Bonchev–Trinajstić information content (AvgIpc) is 3.15. The highest BCUT2D eigenvalue weighted by molar-refractivity contribution is 7.12. The molecule has 0 spiro atoms. The van der Waals surface area contributed by atoms with Gasteiger partial charge >= 0.3 is 6.09 Å². The van der Waals surface area contributed by atoms with Gasteiger partial charge in [0.05, 0.1) is 6.61 Å². The number of thiophene rings is 1. The minimum absolute atomic E-state index is 0.108. The van der Waals surface area contributed by atoms with Crippen LogP contribution in [0.15, 0.2) is 48.8 Å². The Hall–Kier alpha value is -2.97.